The number of hydrogen-bond donors (Lipinski definition) is 2. The van der Waals surface area contributed by atoms with E-state index in [1.807, 2.05) is 0 Å². The Morgan fingerprint density at radius 3 is 2.64 bits per heavy atom. The van der Waals surface area contributed by atoms with Crippen LogP contribution in [0.15, 0.2) is 42.5 Å². The number of hydrogen-bond acceptors (Lipinski definition) is 6. The van der Waals surface area contributed by atoms with Gasteiger partial charge in [0.25, 0.3) is 5.91 Å². The van der Waals surface area contributed by atoms with E-state index in [1.54, 1.807) is 42.5 Å². The number of nitrogens with zero attached hydrogens (tertiary/aromatic N) is 1. The maximum atomic E-state index is 12.5. The summed E-state index contributed by atoms with van der Waals surface area (Å²) in [7, 11) is 0. The second kappa shape index (κ2) is 7.49. The number of ether oxygens (including phenoxy) is 2. The summed E-state index contributed by atoms with van der Waals surface area (Å²) in [6, 6.07) is 10.8. The van der Waals surface area contributed by atoms with Crippen LogP contribution in [0.1, 0.15) is 22.3 Å². The van der Waals surface area contributed by atoms with Gasteiger partial charge in [-0.25, -0.2) is 5.43 Å². The lowest BCUT2D eigenvalue weighted by Crippen LogP contribution is -2.48. The number of likely N-dealkylation sites (tertiary alicyclic amines) is 1. The first kappa shape index (κ1) is 18.3. The zero-order valence-corrected chi connectivity index (χ0v) is 15.4. The van der Waals surface area contributed by atoms with Crippen LogP contribution in [0.4, 0.5) is 0 Å². The van der Waals surface area contributed by atoms with E-state index in [1.165, 1.54) is 0 Å². The Kier molecular flexibility index (Phi) is 4.89. The molecule has 3 amide bonds. The van der Waals surface area contributed by atoms with Crippen molar-refractivity contribution in [2.75, 3.05) is 6.79 Å². The molecule has 2 aromatic rings. The summed E-state index contributed by atoms with van der Waals surface area (Å²) in [5, 5.41) is 0.577. The van der Waals surface area contributed by atoms with Crippen molar-refractivity contribution in [1.82, 2.24) is 15.8 Å². The minimum Gasteiger partial charge on any atom is -0.454 e. The zero-order valence-electron chi connectivity index (χ0n) is 14.6. The van der Waals surface area contributed by atoms with Gasteiger partial charge in [-0.1, -0.05) is 23.7 Å². The van der Waals surface area contributed by atoms with E-state index in [0.29, 0.717) is 22.1 Å². The fourth-order valence-electron chi connectivity index (χ4n) is 3.00. The number of carbonyl (C=O) groups excluding carboxylic acids is 3. The summed E-state index contributed by atoms with van der Waals surface area (Å²) in [5.74, 6) is -0.108. The SMILES string of the molecule is O=C(NN[C@H]1CC(=O)N(Cc2ccc(Cl)cc2)C1=O)c1ccc2c(c1)OCO2. The quantitative estimate of drug-likeness (QED) is 0.584. The van der Waals surface area contributed by atoms with E-state index >= 15 is 0 Å². The molecule has 0 bridgehead atoms. The number of imide groups is 1. The Bertz CT molecular complexity index is 947. The van der Waals surface area contributed by atoms with Crippen molar-refractivity contribution in [2.45, 2.75) is 19.0 Å². The second-order valence-electron chi connectivity index (χ2n) is 6.37. The van der Waals surface area contributed by atoms with E-state index in [0.717, 1.165) is 10.5 Å². The van der Waals surface area contributed by atoms with E-state index in [-0.39, 0.29) is 25.7 Å². The predicted octanol–water partition coefficient (Wildman–Crippen LogP) is 1.63. The van der Waals surface area contributed by atoms with Crippen molar-refractivity contribution in [3.05, 3.63) is 58.6 Å². The standard InChI is InChI=1S/C19H16ClN3O5/c20-13-4-1-11(2-5-13)9-23-17(24)8-14(19(23)26)21-22-18(25)12-3-6-15-16(7-12)28-10-27-15/h1-7,14,21H,8-10H2,(H,22,25)/t14-/m0/s1. The summed E-state index contributed by atoms with van der Waals surface area (Å²) < 4.78 is 10.4. The molecule has 1 saturated heterocycles. The summed E-state index contributed by atoms with van der Waals surface area (Å²) in [4.78, 5) is 38.2. The lowest BCUT2D eigenvalue weighted by molar-refractivity contribution is -0.139. The third-order valence-corrected chi connectivity index (χ3v) is 4.74. The molecule has 28 heavy (non-hydrogen) atoms. The number of halogens is 1. The third kappa shape index (κ3) is 3.64. The molecule has 0 spiro atoms. The summed E-state index contributed by atoms with van der Waals surface area (Å²) in [5.41, 5.74) is 6.25. The molecule has 4 rings (SSSR count). The van der Waals surface area contributed by atoms with Gasteiger partial charge in [0, 0.05) is 10.6 Å². The summed E-state index contributed by atoms with van der Waals surface area (Å²) >= 11 is 5.85. The van der Waals surface area contributed by atoms with E-state index in [2.05, 4.69) is 10.9 Å². The van der Waals surface area contributed by atoms with Gasteiger partial charge < -0.3 is 9.47 Å². The van der Waals surface area contributed by atoms with E-state index in [4.69, 9.17) is 21.1 Å². The molecule has 2 heterocycles. The van der Waals surface area contributed by atoms with Crippen molar-refractivity contribution >= 4 is 29.3 Å². The molecule has 2 N–H and O–H groups in total. The summed E-state index contributed by atoms with van der Waals surface area (Å²) in [6.07, 6.45) is -0.0339. The Morgan fingerprint density at radius 1 is 1.11 bits per heavy atom. The van der Waals surface area contributed by atoms with Crippen LogP contribution < -0.4 is 20.3 Å². The highest BCUT2D eigenvalue weighted by molar-refractivity contribution is 6.30. The monoisotopic (exact) mass is 401 g/mol. The fourth-order valence-corrected chi connectivity index (χ4v) is 3.12. The molecule has 0 saturated carbocycles. The smallest absolute Gasteiger partial charge is 0.265 e. The lowest BCUT2D eigenvalue weighted by atomic mass is 10.2. The molecule has 0 radical (unpaired) electrons. The molecule has 0 aliphatic carbocycles. The van der Waals surface area contributed by atoms with Crippen LogP contribution in [0.25, 0.3) is 0 Å². The number of fused-ring (bicyclic) bond motifs is 1. The molecule has 8 nitrogen and oxygen atoms in total. The average Bonchev–Trinajstić information content (AvgIpc) is 3.26. The topological polar surface area (TPSA) is 97.0 Å². The van der Waals surface area contributed by atoms with Crippen LogP contribution in [-0.4, -0.2) is 35.5 Å². The predicted molar refractivity (Wildman–Crippen MR) is 98.6 cm³/mol. The summed E-state index contributed by atoms with van der Waals surface area (Å²) in [6.45, 7) is 0.268. The Labute approximate surface area is 165 Å². The van der Waals surface area contributed by atoms with Crippen molar-refractivity contribution in [1.29, 1.82) is 0 Å². The van der Waals surface area contributed by atoms with Crippen molar-refractivity contribution in [3.63, 3.8) is 0 Å². The van der Waals surface area contributed by atoms with Crippen LogP contribution in [-0.2, 0) is 16.1 Å². The van der Waals surface area contributed by atoms with Gasteiger partial charge >= 0.3 is 0 Å². The maximum Gasteiger partial charge on any atom is 0.265 e. The number of benzene rings is 2. The molecule has 0 aromatic heterocycles. The number of nitrogens with one attached hydrogen (secondary N) is 2. The van der Waals surface area contributed by atoms with Crippen LogP contribution >= 0.6 is 11.6 Å². The highest BCUT2D eigenvalue weighted by Crippen LogP contribution is 2.32. The molecular formula is C19H16ClN3O5. The first-order chi connectivity index (χ1) is 13.5. The molecule has 1 atom stereocenters. The highest BCUT2D eigenvalue weighted by atomic mass is 35.5. The van der Waals surface area contributed by atoms with E-state index < -0.39 is 17.9 Å². The molecule has 2 aliphatic heterocycles. The average molecular weight is 402 g/mol. The molecule has 0 unspecified atom stereocenters. The van der Waals surface area contributed by atoms with Gasteiger partial charge in [-0.15, -0.1) is 0 Å². The maximum absolute atomic E-state index is 12.5. The van der Waals surface area contributed by atoms with Crippen molar-refractivity contribution in [3.8, 4) is 11.5 Å². The minimum atomic E-state index is -0.822. The zero-order chi connectivity index (χ0) is 19.7. The van der Waals surface area contributed by atoms with Crippen LogP contribution in [0.3, 0.4) is 0 Å². The number of hydrazine groups is 1. The largest absolute Gasteiger partial charge is 0.454 e. The van der Waals surface area contributed by atoms with Gasteiger partial charge in [-0.3, -0.25) is 24.7 Å². The Balaban J connectivity index is 1.36. The number of amides is 3. The number of rotatable bonds is 5. The first-order valence-electron chi connectivity index (χ1n) is 8.55. The Hall–Kier alpha value is -3.10. The van der Waals surface area contributed by atoms with Gasteiger partial charge in [0.2, 0.25) is 18.6 Å². The minimum absolute atomic E-state index is 0.0339. The van der Waals surface area contributed by atoms with Crippen molar-refractivity contribution in [2.24, 2.45) is 0 Å². The van der Waals surface area contributed by atoms with Crippen molar-refractivity contribution < 1.29 is 23.9 Å². The normalized spacial score (nSPS) is 17.9. The lowest BCUT2D eigenvalue weighted by Gasteiger charge is -2.16. The third-order valence-electron chi connectivity index (χ3n) is 4.49. The highest BCUT2D eigenvalue weighted by Gasteiger charge is 2.38. The van der Waals surface area contributed by atoms with Gasteiger partial charge in [0.05, 0.1) is 13.0 Å². The molecule has 9 heteroatoms. The van der Waals surface area contributed by atoms with Crippen LogP contribution in [0, 0.1) is 0 Å². The molecule has 2 aliphatic rings. The van der Waals surface area contributed by atoms with Gasteiger partial charge in [-0.2, -0.15) is 0 Å². The van der Waals surface area contributed by atoms with Gasteiger partial charge in [0.15, 0.2) is 11.5 Å². The van der Waals surface area contributed by atoms with Crippen LogP contribution in [0.2, 0.25) is 5.02 Å². The molecule has 2 aromatic carbocycles. The molecule has 144 valence electrons. The van der Waals surface area contributed by atoms with Gasteiger partial charge in [-0.05, 0) is 35.9 Å². The Morgan fingerprint density at radius 2 is 1.86 bits per heavy atom. The van der Waals surface area contributed by atoms with Crippen LogP contribution in [0.5, 0.6) is 11.5 Å². The first-order valence-corrected chi connectivity index (χ1v) is 8.93. The van der Waals surface area contributed by atoms with Gasteiger partial charge in [0.1, 0.15) is 6.04 Å². The molecule has 1 fully saturated rings. The number of carbonyl (C=O) groups is 3. The second-order valence-corrected chi connectivity index (χ2v) is 6.80. The molecular weight excluding hydrogens is 386 g/mol. The van der Waals surface area contributed by atoms with E-state index in [9.17, 15) is 14.4 Å². The fraction of sp³-hybridized carbons (Fsp3) is 0.211.